The zero-order valence-corrected chi connectivity index (χ0v) is 12.1. The first kappa shape index (κ1) is 11.3. The summed E-state index contributed by atoms with van der Waals surface area (Å²) in [5.41, 5.74) is 4.45. The number of allylic oxidation sites excluding steroid dienone is 1. The highest BCUT2D eigenvalue weighted by Crippen LogP contribution is 2.39. The number of fused-ring (bicyclic) bond motifs is 2. The van der Waals surface area contributed by atoms with Crippen molar-refractivity contribution >= 4 is 38.4 Å². The first-order valence-electron chi connectivity index (χ1n) is 7.68. The lowest BCUT2D eigenvalue weighted by Gasteiger charge is -2.20. The molecule has 0 spiro atoms. The molecule has 0 radical (unpaired) electrons. The second kappa shape index (κ2) is 3.85. The Morgan fingerprint density at radius 1 is 0.762 bits per heavy atom. The van der Waals surface area contributed by atoms with E-state index in [1.165, 1.54) is 61.9 Å². The molecule has 100 valence electrons. The molecule has 0 nitrogen and oxygen atoms in total. The van der Waals surface area contributed by atoms with Gasteiger partial charge in [0.1, 0.15) is 0 Å². The largest absolute Gasteiger partial charge is 0.0724 e. The van der Waals surface area contributed by atoms with E-state index in [-0.39, 0.29) is 0 Å². The Labute approximate surface area is 124 Å². The van der Waals surface area contributed by atoms with Gasteiger partial charge >= 0.3 is 0 Å². The van der Waals surface area contributed by atoms with Crippen molar-refractivity contribution < 1.29 is 0 Å². The number of aryl methyl sites for hydroxylation is 1. The van der Waals surface area contributed by atoms with Crippen molar-refractivity contribution in [3.05, 3.63) is 65.2 Å². The molecule has 0 aromatic heterocycles. The van der Waals surface area contributed by atoms with Crippen LogP contribution in [0.1, 0.15) is 24.5 Å². The summed E-state index contributed by atoms with van der Waals surface area (Å²) in [4.78, 5) is 0. The average molecular weight is 268 g/mol. The van der Waals surface area contributed by atoms with E-state index in [1.807, 2.05) is 0 Å². The van der Waals surface area contributed by atoms with Gasteiger partial charge in [-0.3, -0.25) is 0 Å². The molecule has 0 atom stereocenters. The van der Waals surface area contributed by atoms with Gasteiger partial charge in [0.25, 0.3) is 0 Å². The van der Waals surface area contributed by atoms with Crippen LogP contribution in [0.2, 0.25) is 0 Å². The van der Waals surface area contributed by atoms with Crippen molar-refractivity contribution in [3.63, 3.8) is 0 Å². The molecular formula is C21H16. The van der Waals surface area contributed by atoms with Crippen LogP contribution in [-0.4, -0.2) is 0 Å². The van der Waals surface area contributed by atoms with Crippen molar-refractivity contribution in [1.29, 1.82) is 0 Å². The number of hydrogen-bond acceptors (Lipinski definition) is 0. The quantitative estimate of drug-likeness (QED) is 0.346. The Morgan fingerprint density at radius 3 is 2.38 bits per heavy atom. The second-order valence-corrected chi connectivity index (χ2v) is 6.29. The Hall–Kier alpha value is -2.34. The van der Waals surface area contributed by atoms with E-state index in [2.05, 4.69) is 61.5 Å². The minimum absolute atomic E-state index is 1.17. The van der Waals surface area contributed by atoms with Gasteiger partial charge in [0.2, 0.25) is 0 Å². The van der Waals surface area contributed by atoms with Gasteiger partial charge in [0, 0.05) is 0 Å². The molecular weight excluding hydrogens is 252 g/mol. The fourth-order valence-corrected chi connectivity index (χ4v) is 3.96. The summed E-state index contributed by atoms with van der Waals surface area (Å²) in [6.07, 6.45) is 4.73. The molecule has 0 bridgehead atoms. The van der Waals surface area contributed by atoms with Crippen molar-refractivity contribution in [1.82, 2.24) is 0 Å². The highest BCUT2D eigenvalue weighted by molar-refractivity contribution is 6.24. The molecule has 4 aromatic rings. The van der Waals surface area contributed by atoms with Gasteiger partial charge < -0.3 is 0 Å². The molecule has 0 fully saturated rings. The molecule has 0 saturated heterocycles. The summed E-state index contributed by atoms with van der Waals surface area (Å²) in [6.45, 7) is 2.24. The van der Waals surface area contributed by atoms with E-state index >= 15 is 0 Å². The average Bonchev–Trinajstić information content (AvgIpc) is 2.51. The highest BCUT2D eigenvalue weighted by atomic mass is 14.2. The van der Waals surface area contributed by atoms with Gasteiger partial charge in [-0.25, -0.2) is 0 Å². The van der Waals surface area contributed by atoms with Crippen molar-refractivity contribution in [3.8, 4) is 0 Å². The van der Waals surface area contributed by atoms with Gasteiger partial charge in [-0.05, 0) is 69.3 Å². The molecule has 1 aliphatic rings. The van der Waals surface area contributed by atoms with E-state index in [0.29, 0.717) is 0 Å². The van der Waals surface area contributed by atoms with Gasteiger partial charge in [-0.2, -0.15) is 0 Å². The predicted octanol–water partition coefficient (Wildman–Crippen LogP) is 5.93. The molecule has 0 saturated carbocycles. The first-order chi connectivity index (χ1) is 10.3. The third kappa shape index (κ3) is 1.45. The number of rotatable bonds is 0. The van der Waals surface area contributed by atoms with E-state index in [4.69, 9.17) is 0 Å². The van der Waals surface area contributed by atoms with Gasteiger partial charge in [-0.1, -0.05) is 54.1 Å². The van der Waals surface area contributed by atoms with Crippen LogP contribution >= 0.6 is 0 Å². The number of hydrogen-bond donors (Lipinski definition) is 0. The highest BCUT2D eigenvalue weighted by Gasteiger charge is 2.16. The lowest BCUT2D eigenvalue weighted by atomic mass is 9.84. The molecule has 4 aromatic carbocycles. The van der Waals surface area contributed by atoms with Crippen LogP contribution < -0.4 is 0 Å². The van der Waals surface area contributed by atoms with Crippen molar-refractivity contribution in [2.75, 3.05) is 0 Å². The molecule has 0 N–H and O–H groups in total. The fourth-order valence-electron chi connectivity index (χ4n) is 3.96. The van der Waals surface area contributed by atoms with Crippen molar-refractivity contribution in [2.24, 2.45) is 0 Å². The molecule has 0 heteroatoms. The molecule has 0 amide bonds. The van der Waals surface area contributed by atoms with Crippen LogP contribution in [0.25, 0.3) is 38.4 Å². The van der Waals surface area contributed by atoms with Crippen LogP contribution in [0.15, 0.2) is 54.1 Å². The Bertz CT molecular complexity index is 1020. The normalized spacial score (nSPS) is 14.8. The van der Waals surface area contributed by atoms with Gasteiger partial charge in [-0.15, -0.1) is 0 Å². The maximum absolute atomic E-state index is 2.38. The van der Waals surface area contributed by atoms with E-state index in [1.54, 1.807) is 0 Å². The number of benzene rings is 4. The summed E-state index contributed by atoms with van der Waals surface area (Å²) in [7, 11) is 0. The second-order valence-electron chi connectivity index (χ2n) is 6.29. The molecule has 0 unspecified atom stereocenters. The summed E-state index contributed by atoms with van der Waals surface area (Å²) < 4.78 is 0. The smallest absolute Gasteiger partial charge is 0.00236 e. The maximum Gasteiger partial charge on any atom is -0.00236 e. The summed E-state index contributed by atoms with van der Waals surface area (Å²) in [5, 5.41) is 8.43. The third-order valence-corrected chi connectivity index (χ3v) is 4.96. The fraction of sp³-hybridized carbons (Fsp3) is 0.143. The molecule has 0 aliphatic heterocycles. The van der Waals surface area contributed by atoms with Crippen LogP contribution in [0.3, 0.4) is 0 Å². The topological polar surface area (TPSA) is 0 Å². The van der Waals surface area contributed by atoms with Gasteiger partial charge in [0.05, 0.1) is 0 Å². The SMILES string of the molecule is CC1=Cc2cc3ccc4cccc5ccc(c2CC1)c3c45. The van der Waals surface area contributed by atoms with E-state index in [0.717, 1.165) is 0 Å². The van der Waals surface area contributed by atoms with Gasteiger partial charge in [0.15, 0.2) is 0 Å². The molecule has 0 heterocycles. The van der Waals surface area contributed by atoms with Crippen LogP contribution in [-0.2, 0) is 6.42 Å². The minimum atomic E-state index is 1.17. The minimum Gasteiger partial charge on any atom is -0.0724 e. The van der Waals surface area contributed by atoms with Crippen LogP contribution in [0.5, 0.6) is 0 Å². The predicted molar refractivity (Wildman–Crippen MR) is 92.1 cm³/mol. The summed E-state index contributed by atoms with van der Waals surface area (Å²) >= 11 is 0. The Balaban J connectivity index is 2.08. The molecule has 5 rings (SSSR count). The van der Waals surface area contributed by atoms with E-state index < -0.39 is 0 Å². The van der Waals surface area contributed by atoms with Crippen LogP contribution in [0.4, 0.5) is 0 Å². The monoisotopic (exact) mass is 268 g/mol. The summed E-state index contributed by atoms with van der Waals surface area (Å²) in [5.74, 6) is 0. The first-order valence-corrected chi connectivity index (χ1v) is 7.68. The van der Waals surface area contributed by atoms with E-state index in [9.17, 15) is 0 Å². The maximum atomic E-state index is 2.38. The zero-order chi connectivity index (χ0) is 14.0. The molecule has 1 aliphatic carbocycles. The molecule has 21 heavy (non-hydrogen) atoms. The van der Waals surface area contributed by atoms with Crippen molar-refractivity contribution in [2.45, 2.75) is 19.8 Å². The Morgan fingerprint density at radius 2 is 1.52 bits per heavy atom. The zero-order valence-electron chi connectivity index (χ0n) is 12.1. The Kier molecular flexibility index (Phi) is 2.08. The lowest BCUT2D eigenvalue weighted by molar-refractivity contribution is 0.937. The summed E-state index contributed by atoms with van der Waals surface area (Å²) in [6, 6.07) is 18.1. The van der Waals surface area contributed by atoms with Crippen LogP contribution in [0, 0.1) is 0 Å². The standard InChI is InChI=1S/C21H16/c1-13-5-9-18-17(11-13)12-16-7-6-14-3-2-4-15-8-10-19(18)21(16)20(14)15/h2-4,6-8,10-12H,5,9H2,1H3. The third-order valence-electron chi connectivity index (χ3n) is 4.96. The lowest BCUT2D eigenvalue weighted by Crippen LogP contribution is -1.99.